The molecule has 1 saturated heterocycles. The standard InChI is InChI=1S/C20H32N2O5/c1-13-14(2)18(25)16(15(3)17(13)24)5-6-20(4,27)19(26)22-9-7-21(8-10-22)11-12-23/h23-25,27H,5-12H2,1-4H3. The van der Waals surface area contributed by atoms with Crippen molar-refractivity contribution >= 4 is 5.91 Å². The number of benzene rings is 1. The molecule has 0 radical (unpaired) electrons. The molecule has 1 heterocycles. The lowest BCUT2D eigenvalue weighted by molar-refractivity contribution is -0.152. The monoisotopic (exact) mass is 380 g/mol. The quantitative estimate of drug-likeness (QED) is 0.545. The van der Waals surface area contributed by atoms with Crippen LogP contribution in [0.1, 0.15) is 35.6 Å². The number of nitrogens with zero attached hydrogens (tertiary/aromatic N) is 2. The van der Waals surface area contributed by atoms with Gasteiger partial charge in [-0.3, -0.25) is 9.69 Å². The lowest BCUT2D eigenvalue weighted by Gasteiger charge is -2.38. The van der Waals surface area contributed by atoms with Crippen molar-refractivity contribution in [3.8, 4) is 11.5 Å². The number of β-amino-alcohol motifs (C(OH)–C–C–N with tert-alkyl or cyclic N) is 1. The van der Waals surface area contributed by atoms with Crippen LogP contribution in [0.25, 0.3) is 0 Å². The van der Waals surface area contributed by atoms with E-state index in [4.69, 9.17) is 5.11 Å². The van der Waals surface area contributed by atoms with Crippen LogP contribution < -0.4 is 0 Å². The number of aliphatic hydroxyl groups is 2. The average molecular weight is 380 g/mol. The first-order chi connectivity index (χ1) is 12.6. The molecule has 1 aliphatic rings. The molecule has 152 valence electrons. The van der Waals surface area contributed by atoms with Gasteiger partial charge in [-0.05, 0) is 57.2 Å². The number of rotatable bonds is 6. The highest BCUT2D eigenvalue weighted by molar-refractivity contribution is 5.84. The molecule has 1 amide bonds. The van der Waals surface area contributed by atoms with Gasteiger partial charge in [-0.15, -0.1) is 0 Å². The van der Waals surface area contributed by atoms with Crippen LogP contribution in [0.2, 0.25) is 0 Å². The third kappa shape index (κ3) is 4.54. The Bertz CT molecular complexity index is 665. The molecule has 7 heteroatoms. The summed E-state index contributed by atoms with van der Waals surface area (Å²) in [6, 6.07) is 0. The molecule has 1 unspecified atom stereocenters. The Labute approximate surface area is 160 Å². The summed E-state index contributed by atoms with van der Waals surface area (Å²) in [6.45, 7) is 9.79. The van der Waals surface area contributed by atoms with Gasteiger partial charge in [0.05, 0.1) is 6.61 Å². The first-order valence-corrected chi connectivity index (χ1v) is 9.45. The molecule has 0 aromatic heterocycles. The highest BCUT2D eigenvalue weighted by Crippen LogP contribution is 2.37. The van der Waals surface area contributed by atoms with Crippen LogP contribution >= 0.6 is 0 Å². The molecule has 0 aliphatic carbocycles. The minimum Gasteiger partial charge on any atom is -0.507 e. The third-order valence-electron chi connectivity index (χ3n) is 5.76. The number of piperazine rings is 1. The van der Waals surface area contributed by atoms with Crippen molar-refractivity contribution in [2.24, 2.45) is 0 Å². The molecular formula is C20H32N2O5. The van der Waals surface area contributed by atoms with Gasteiger partial charge in [0.15, 0.2) is 0 Å². The molecule has 1 aromatic carbocycles. The van der Waals surface area contributed by atoms with Crippen molar-refractivity contribution in [1.82, 2.24) is 9.80 Å². The number of amides is 1. The van der Waals surface area contributed by atoms with E-state index in [0.717, 1.165) is 0 Å². The summed E-state index contributed by atoms with van der Waals surface area (Å²) in [5.74, 6) is -0.0636. The van der Waals surface area contributed by atoms with E-state index in [-0.39, 0.29) is 36.9 Å². The first kappa shape index (κ1) is 21.5. The zero-order valence-corrected chi connectivity index (χ0v) is 16.7. The number of hydrogen-bond donors (Lipinski definition) is 4. The molecule has 1 aliphatic heterocycles. The van der Waals surface area contributed by atoms with E-state index in [1.807, 2.05) is 0 Å². The summed E-state index contributed by atoms with van der Waals surface area (Å²) in [6.07, 6.45) is 0.439. The first-order valence-electron chi connectivity index (χ1n) is 9.45. The zero-order chi connectivity index (χ0) is 20.4. The maximum Gasteiger partial charge on any atom is 0.254 e. The Kier molecular flexibility index (Phi) is 6.72. The normalized spacial score (nSPS) is 17.8. The van der Waals surface area contributed by atoms with E-state index in [2.05, 4.69) is 4.90 Å². The van der Waals surface area contributed by atoms with Crippen LogP contribution in [0.4, 0.5) is 0 Å². The number of phenols is 2. The topological polar surface area (TPSA) is 104 Å². The molecule has 1 aromatic rings. The second-order valence-electron chi connectivity index (χ2n) is 7.68. The smallest absolute Gasteiger partial charge is 0.254 e. The van der Waals surface area contributed by atoms with Crippen LogP contribution in [0.5, 0.6) is 11.5 Å². The molecule has 1 fully saturated rings. The van der Waals surface area contributed by atoms with E-state index < -0.39 is 5.60 Å². The Balaban J connectivity index is 2.06. The third-order valence-corrected chi connectivity index (χ3v) is 5.76. The minimum atomic E-state index is -1.55. The van der Waals surface area contributed by atoms with E-state index in [0.29, 0.717) is 55.0 Å². The zero-order valence-electron chi connectivity index (χ0n) is 16.7. The van der Waals surface area contributed by atoms with Crippen LogP contribution in [-0.2, 0) is 11.2 Å². The number of phenolic OH excluding ortho intramolecular Hbond substituents is 2. The number of carbonyl (C=O) groups excluding carboxylic acids is 1. The van der Waals surface area contributed by atoms with Crippen LogP contribution in [0.15, 0.2) is 0 Å². The largest absolute Gasteiger partial charge is 0.507 e. The van der Waals surface area contributed by atoms with Gasteiger partial charge in [0.2, 0.25) is 0 Å². The van der Waals surface area contributed by atoms with Gasteiger partial charge < -0.3 is 25.3 Å². The lowest BCUT2D eigenvalue weighted by atomic mass is 9.90. The fourth-order valence-corrected chi connectivity index (χ4v) is 3.62. The number of aromatic hydroxyl groups is 2. The van der Waals surface area contributed by atoms with E-state index in [9.17, 15) is 20.1 Å². The molecule has 2 rings (SSSR count). The molecular weight excluding hydrogens is 348 g/mol. The van der Waals surface area contributed by atoms with Crippen molar-refractivity contribution in [2.75, 3.05) is 39.3 Å². The SMILES string of the molecule is Cc1c(C)c(O)c(CCC(C)(O)C(=O)N2CCN(CCO)CC2)c(C)c1O. The molecule has 0 bridgehead atoms. The second kappa shape index (κ2) is 8.46. The van der Waals surface area contributed by atoms with Gasteiger partial charge in [-0.25, -0.2) is 0 Å². The van der Waals surface area contributed by atoms with Crippen molar-refractivity contribution < 1.29 is 25.2 Å². The maximum absolute atomic E-state index is 12.8. The van der Waals surface area contributed by atoms with Crippen molar-refractivity contribution in [3.05, 3.63) is 22.3 Å². The fourth-order valence-electron chi connectivity index (χ4n) is 3.62. The van der Waals surface area contributed by atoms with Gasteiger partial charge in [0.1, 0.15) is 17.1 Å². The van der Waals surface area contributed by atoms with E-state index >= 15 is 0 Å². The average Bonchev–Trinajstić information content (AvgIpc) is 2.65. The van der Waals surface area contributed by atoms with Crippen LogP contribution in [-0.4, -0.2) is 81.1 Å². The number of hydrogen-bond acceptors (Lipinski definition) is 6. The summed E-state index contributed by atoms with van der Waals surface area (Å²) in [4.78, 5) is 16.5. The van der Waals surface area contributed by atoms with Crippen LogP contribution in [0.3, 0.4) is 0 Å². The van der Waals surface area contributed by atoms with E-state index in [1.165, 1.54) is 6.92 Å². The Hall–Kier alpha value is -1.83. The summed E-state index contributed by atoms with van der Waals surface area (Å²) >= 11 is 0. The molecule has 4 N–H and O–H groups in total. The predicted octanol–water partition coefficient (Wildman–Crippen LogP) is 0.843. The molecule has 27 heavy (non-hydrogen) atoms. The highest BCUT2D eigenvalue weighted by atomic mass is 16.3. The summed E-state index contributed by atoms with van der Waals surface area (Å²) in [5.41, 5.74) is 0.844. The molecule has 7 nitrogen and oxygen atoms in total. The molecule has 0 saturated carbocycles. The van der Waals surface area contributed by atoms with Crippen molar-refractivity contribution in [2.45, 2.75) is 46.1 Å². The molecule has 0 spiro atoms. The Morgan fingerprint density at radius 1 is 1.00 bits per heavy atom. The Morgan fingerprint density at radius 3 is 2.11 bits per heavy atom. The summed E-state index contributed by atoms with van der Waals surface area (Å²) in [7, 11) is 0. The summed E-state index contributed by atoms with van der Waals surface area (Å²) < 4.78 is 0. The molecule has 1 atom stereocenters. The van der Waals surface area contributed by atoms with Gasteiger partial charge >= 0.3 is 0 Å². The number of aliphatic hydroxyl groups excluding tert-OH is 1. The summed E-state index contributed by atoms with van der Waals surface area (Å²) in [5, 5.41) is 40.4. The van der Waals surface area contributed by atoms with Crippen molar-refractivity contribution in [1.29, 1.82) is 0 Å². The lowest BCUT2D eigenvalue weighted by Crippen LogP contribution is -2.55. The van der Waals surface area contributed by atoms with E-state index in [1.54, 1.807) is 25.7 Å². The second-order valence-corrected chi connectivity index (χ2v) is 7.68. The fraction of sp³-hybridized carbons (Fsp3) is 0.650. The van der Waals surface area contributed by atoms with Crippen molar-refractivity contribution in [3.63, 3.8) is 0 Å². The number of carbonyl (C=O) groups is 1. The van der Waals surface area contributed by atoms with Gasteiger partial charge in [0, 0.05) is 38.3 Å². The van der Waals surface area contributed by atoms with Crippen LogP contribution in [0, 0.1) is 20.8 Å². The highest BCUT2D eigenvalue weighted by Gasteiger charge is 2.36. The minimum absolute atomic E-state index is 0.0946. The van der Waals surface area contributed by atoms with Gasteiger partial charge in [0.25, 0.3) is 5.91 Å². The van der Waals surface area contributed by atoms with Gasteiger partial charge in [-0.1, -0.05) is 0 Å². The Morgan fingerprint density at radius 2 is 1.56 bits per heavy atom. The predicted molar refractivity (Wildman–Crippen MR) is 103 cm³/mol. The maximum atomic E-state index is 12.8. The van der Waals surface area contributed by atoms with Gasteiger partial charge in [-0.2, -0.15) is 0 Å².